The molecule has 0 bridgehead atoms. The van der Waals surface area contributed by atoms with Gasteiger partial charge in [-0.3, -0.25) is 4.79 Å². The van der Waals surface area contributed by atoms with Gasteiger partial charge in [0.05, 0.1) is 12.5 Å². The van der Waals surface area contributed by atoms with Gasteiger partial charge in [0.25, 0.3) is 0 Å². The average molecular weight is 314 g/mol. The number of fused-ring (bicyclic) bond motifs is 3. The minimum atomic E-state index is -0.337. The molecule has 0 saturated heterocycles. The van der Waals surface area contributed by atoms with Crippen LogP contribution in [-0.2, 0) is 21.4 Å². The number of hydrogen-bond donors (Lipinski definition) is 0. The summed E-state index contributed by atoms with van der Waals surface area (Å²) in [6.07, 6.45) is 5.42. The minimum absolute atomic E-state index is 0.0179. The molecule has 0 aromatic heterocycles. The molecule has 1 fully saturated rings. The van der Waals surface area contributed by atoms with Crippen LogP contribution in [0.3, 0.4) is 0 Å². The summed E-state index contributed by atoms with van der Waals surface area (Å²) < 4.78 is 5.19. The van der Waals surface area contributed by atoms with Crippen LogP contribution in [-0.4, -0.2) is 13.1 Å². The lowest BCUT2D eigenvalue weighted by Gasteiger charge is -2.54. The van der Waals surface area contributed by atoms with Crippen LogP contribution in [0, 0.1) is 11.3 Å². The fraction of sp³-hybridized carbons (Fsp3) is 0.667. The molecule has 2 heteroatoms. The highest BCUT2D eigenvalue weighted by Crippen LogP contribution is 2.57. The summed E-state index contributed by atoms with van der Waals surface area (Å²) in [6.45, 7) is 9.02. The molecule has 0 radical (unpaired) electrons. The van der Waals surface area contributed by atoms with Crippen LogP contribution < -0.4 is 0 Å². The van der Waals surface area contributed by atoms with E-state index in [9.17, 15) is 4.79 Å². The summed E-state index contributed by atoms with van der Waals surface area (Å²) in [5.74, 6) is 0.932. The lowest BCUT2D eigenvalue weighted by molar-refractivity contribution is -0.161. The van der Waals surface area contributed by atoms with Crippen molar-refractivity contribution in [3.05, 3.63) is 34.9 Å². The lowest BCUT2D eigenvalue weighted by Crippen LogP contribution is -2.52. The smallest absolute Gasteiger partial charge is 0.311 e. The molecule has 2 aliphatic rings. The SMILES string of the molecule is COC(=O)[C@@]1(C)CCCC2(C)c3ccc(C(C)C)cc3CCC21. The molecule has 2 unspecified atom stereocenters. The highest BCUT2D eigenvalue weighted by atomic mass is 16.5. The first-order valence-electron chi connectivity index (χ1n) is 9.04. The highest BCUT2D eigenvalue weighted by Gasteiger charge is 2.55. The summed E-state index contributed by atoms with van der Waals surface area (Å²) in [7, 11) is 1.53. The molecule has 23 heavy (non-hydrogen) atoms. The molecule has 1 aromatic carbocycles. The van der Waals surface area contributed by atoms with Crippen molar-refractivity contribution < 1.29 is 9.53 Å². The molecule has 0 amide bonds. The Balaban J connectivity index is 2.06. The van der Waals surface area contributed by atoms with Gasteiger partial charge in [0.15, 0.2) is 0 Å². The van der Waals surface area contributed by atoms with Gasteiger partial charge in [-0.05, 0) is 66.5 Å². The number of esters is 1. The Morgan fingerprint density at radius 3 is 2.65 bits per heavy atom. The predicted octanol–water partition coefficient (Wildman–Crippen LogP) is 4.99. The van der Waals surface area contributed by atoms with Crippen molar-refractivity contribution in [1.82, 2.24) is 0 Å². The molecule has 126 valence electrons. The Morgan fingerprint density at radius 2 is 2.00 bits per heavy atom. The average Bonchev–Trinajstić information content (AvgIpc) is 2.53. The highest BCUT2D eigenvalue weighted by molar-refractivity contribution is 5.77. The van der Waals surface area contributed by atoms with Gasteiger partial charge in [0.2, 0.25) is 0 Å². The number of aryl methyl sites for hydroxylation is 1. The molecular weight excluding hydrogens is 284 g/mol. The molecule has 0 heterocycles. The van der Waals surface area contributed by atoms with E-state index in [0.29, 0.717) is 11.8 Å². The molecule has 3 atom stereocenters. The van der Waals surface area contributed by atoms with E-state index in [2.05, 4.69) is 45.9 Å². The van der Waals surface area contributed by atoms with Crippen molar-refractivity contribution in [2.24, 2.45) is 11.3 Å². The number of carbonyl (C=O) groups is 1. The van der Waals surface area contributed by atoms with E-state index in [0.717, 1.165) is 25.7 Å². The fourth-order valence-corrected chi connectivity index (χ4v) is 5.35. The van der Waals surface area contributed by atoms with Gasteiger partial charge in [-0.1, -0.05) is 45.4 Å². The van der Waals surface area contributed by atoms with Gasteiger partial charge < -0.3 is 4.74 Å². The van der Waals surface area contributed by atoms with Crippen molar-refractivity contribution in [2.45, 2.75) is 71.1 Å². The van der Waals surface area contributed by atoms with Crippen LogP contribution in [0.25, 0.3) is 0 Å². The van der Waals surface area contributed by atoms with E-state index in [1.807, 2.05) is 0 Å². The fourth-order valence-electron chi connectivity index (χ4n) is 5.35. The van der Waals surface area contributed by atoms with E-state index in [4.69, 9.17) is 4.74 Å². The Morgan fingerprint density at radius 1 is 1.26 bits per heavy atom. The van der Waals surface area contributed by atoms with Crippen LogP contribution in [0.1, 0.15) is 76.0 Å². The van der Waals surface area contributed by atoms with Gasteiger partial charge in [-0.25, -0.2) is 0 Å². The second kappa shape index (κ2) is 5.65. The predicted molar refractivity (Wildman–Crippen MR) is 93.7 cm³/mol. The van der Waals surface area contributed by atoms with E-state index >= 15 is 0 Å². The first-order chi connectivity index (χ1) is 10.8. The van der Waals surface area contributed by atoms with Gasteiger partial charge in [0.1, 0.15) is 0 Å². The summed E-state index contributed by atoms with van der Waals surface area (Å²) in [5, 5.41) is 0. The van der Waals surface area contributed by atoms with Crippen molar-refractivity contribution in [2.75, 3.05) is 7.11 Å². The Bertz CT molecular complexity index is 618. The Labute approximate surface area is 140 Å². The van der Waals surface area contributed by atoms with Gasteiger partial charge in [0, 0.05) is 0 Å². The van der Waals surface area contributed by atoms with Gasteiger partial charge >= 0.3 is 5.97 Å². The maximum absolute atomic E-state index is 12.5. The Hall–Kier alpha value is -1.31. The first kappa shape index (κ1) is 16.5. The maximum atomic E-state index is 12.5. The van der Waals surface area contributed by atoms with Crippen LogP contribution in [0.5, 0.6) is 0 Å². The van der Waals surface area contributed by atoms with E-state index in [-0.39, 0.29) is 16.8 Å². The number of hydrogen-bond acceptors (Lipinski definition) is 2. The zero-order valence-electron chi connectivity index (χ0n) is 15.2. The summed E-state index contributed by atoms with van der Waals surface area (Å²) in [6, 6.07) is 7.05. The monoisotopic (exact) mass is 314 g/mol. The zero-order chi connectivity index (χ0) is 16.8. The van der Waals surface area contributed by atoms with Crippen LogP contribution >= 0.6 is 0 Å². The minimum Gasteiger partial charge on any atom is -0.469 e. The van der Waals surface area contributed by atoms with Crippen LogP contribution in [0.4, 0.5) is 0 Å². The Kier molecular flexibility index (Phi) is 4.06. The third kappa shape index (κ3) is 2.42. The van der Waals surface area contributed by atoms with Crippen molar-refractivity contribution in [1.29, 1.82) is 0 Å². The van der Waals surface area contributed by atoms with Crippen molar-refractivity contribution in [3.8, 4) is 0 Å². The lowest BCUT2D eigenvalue weighted by atomic mass is 9.49. The number of rotatable bonds is 2. The number of ether oxygens (including phenoxy) is 1. The summed E-state index contributed by atoms with van der Waals surface area (Å²) in [5.41, 5.74) is 4.18. The normalized spacial score (nSPS) is 33.0. The van der Waals surface area contributed by atoms with Crippen LogP contribution in [0.2, 0.25) is 0 Å². The molecule has 0 spiro atoms. The maximum Gasteiger partial charge on any atom is 0.311 e. The molecule has 1 aromatic rings. The quantitative estimate of drug-likeness (QED) is 0.719. The van der Waals surface area contributed by atoms with Gasteiger partial charge in [-0.15, -0.1) is 0 Å². The number of carbonyl (C=O) groups excluding carboxylic acids is 1. The molecule has 2 aliphatic carbocycles. The molecule has 3 rings (SSSR count). The number of methoxy groups -OCH3 is 1. The summed E-state index contributed by atoms with van der Waals surface area (Å²) >= 11 is 0. The van der Waals surface area contributed by atoms with E-state index in [1.54, 1.807) is 0 Å². The standard InChI is InChI=1S/C21H30O2/c1-14(2)15-7-9-17-16(13-15)8-10-18-20(17,3)11-6-12-21(18,4)19(22)23-5/h7,9,13-14,18H,6,8,10-12H2,1-5H3/t18?,20?,21-/m0/s1. The molecular formula is C21H30O2. The largest absolute Gasteiger partial charge is 0.469 e. The first-order valence-corrected chi connectivity index (χ1v) is 9.04. The third-order valence-electron chi connectivity index (χ3n) is 6.70. The molecule has 1 saturated carbocycles. The third-order valence-corrected chi connectivity index (χ3v) is 6.70. The second-order valence-corrected chi connectivity index (χ2v) is 8.34. The van der Waals surface area contributed by atoms with Crippen LogP contribution in [0.15, 0.2) is 18.2 Å². The second-order valence-electron chi connectivity index (χ2n) is 8.34. The summed E-state index contributed by atoms with van der Waals surface area (Å²) in [4.78, 5) is 12.5. The zero-order valence-corrected chi connectivity index (χ0v) is 15.2. The van der Waals surface area contributed by atoms with Crippen molar-refractivity contribution >= 4 is 5.97 Å². The van der Waals surface area contributed by atoms with Crippen molar-refractivity contribution in [3.63, 3.8) is 0 Å². The van der Waals surface area contributed by atoms with E-state index in [1.165, 1.54) is 30.2 Å². The van der Waals surface area contributed by atoms with Gasteiger partial charge in [-0.2, -0.15) is 0 Å². The van der Waals surface area contributed by atoms with E-state index < -0.39 is 0 Å². The molecule has 0 N–H and O–H groups in total. The molecule has 2 nitrogen and oxygen atoms in total. The topological polar surface area (TPSA) is 26.3 Å². The molecule has 0 aliphatic heterocycles. The number of benzene rings is 1.